The van der Waals surface area contributed by atoms with Crippen LogP contribution in [0.5, 0.6) is 17.2 Å². The summed E-state index contributed by atoms with van der Waals surface area (Å²) in [5, 5.41) is 6.16. The monoisotopic (exact) mass is 422 g/mol. The third-order valence-corrected chi connectivity index (χ3v) is 4.05. The van der Waals surface area contributed by atoms with Crippen LogP contribution in [0.2, 0.25) is 5.02 Å². The molecule has 2 aromatic carbocycles. The van der Waals surface area contributed by atoms with Crippen LogP contribution in [0.3, 0.4) is 0 Å². The number of benzene rings is 2. The first-order valence-corrected chi connectivity index (χ1v) is 9.72. The number of carbonyl (C=O) groups is 1. The molecule has 0 bridgehead atoms. The summed E-state index contributed by atoms with van der Waals surface area (Å²) in [5.74, 6) is 0.935. The van der Waals surface area contributed by atoms with Crippen LogP contribution >= 0.6 is 23.8 Å². The predicted octanol–water partition coefficient (Wildman–Crippen LogP) is 4.66. The van der Waals surface area contributed by atoms with Gasteiger partial charge in [-0.15, -0.1) is 0 Å². The van der Waals surface area contributed by atoms with Crippen molar-refractivity contribution >= 4 is 40.5 Å². The number of nitrogens with one attached hydrogen (secondary N) is 2. The minimum atomic E-state index is -0.408. The molecule has 0 saturated carbocycles. The number of ether oxygens (including phenoxy) is 3. The van der Waals surface area contributed by atoms with Crippen molar-refractivity contribution in [2.45, 2.75) is 20.8 Å². The highest BCUT2D eigenvalue weighted by Crippen LogP contribution is 2.39. The predicted molar refractivity (Wildman–Crippen MR) is 115 cm³/mol. The van der Waals surface area contributed by atoms with Crippen molar-refractivity contribution in [3.8, 4) is 17.2 Å². The molecule has 6 nitrogen and oxygen atoms in total. The molecule has 0 radical (unpaired) electrons. The van der Waals surface area contributed by atoms with E-state index in [0.717, 1.165) is 0 Å². The van der Waals surface area contributed by atoms with E-state index in [0.29, 0.717) is 53.3 Å². The van der Waals surface area contributed by atoms with Gasteiger partial charge in [-0.1, -0.05) is 23.7 Å². The number of amides is 1. The molecule has 0 atom stereocenters. The normalized spacial score (nSPS) is 10.1. The number of carbonyl (C=O) groups excluding carboxylic acids is 1. The third-order valence-electron chi connectivity index (χ3n) is 3.52. The Balaban J connectivity index is 2.23. The molecular formula is C20H23ClN2O4S. The van der Waals surface area contributed by atoms with Crippen LogP contribution in [0.25, 0.3) is 0 Å². The molecule has 2 N–H and O–H groups in total. The fourth-order valence-electron chi connectivity index (χ4n) is 2.41. The SMILES string of the molecule is CCOc1cc(C(=O)NC(=S)Nc2ccccc2Cl)cc(OCC)c1OCC. The number of thiocarbonyl (C=S) groups is 1. The molecule has 0 saturated heterocycles. The van der Waals surface area contributed by atoms with Crippen molar-refractivity contribution in [2.75, 3.05) is 25.1 Å². The Morgan fingerprint density at radius 3 is 2.11 bits per heavy atom. The lowest BCUT2D eigenvalue weighted by Gasteiger charge is -2.17. The van der Waals surface area contributed by atoms with E-state index in [4.69, 9.17) is 38.0 Å². The molecule has 0 aliphatic carbocycles. The van der Waals surface area contributed by atoms with Gasteiger partial charge in [0.15, 0.2) is 16.6 Å². The zero-order valence-corrected chi connectivity index (χ0v) is 17.6. The topological polar surface area (TPSA) is 68.8 Å². The van der Waals surface area contributed by atoms with Gasteiger partial charge < -0.3 is 19.5 Å². The molecule has 8 heteroatoms. The molecule has 0 aliphatic heterocycles. The summed E-state index contributed by atoms with van der Waals surface area (Å²) in [4.78, 5) is 12.7. The number of rotatable bonds is 8. The number of hydrogen-bond acceptors (Lipinski definition) is 5. The molecule has 0 heterocycles. The fraction of sp³-hybridized carbons (Fsp3) is 0.300. The summed E-state index contributed by atoms with van der Waals surface area (Å²) in [7, 11) is 0. The van der Waals surface area contributed by atoms with Crippen molar-refractivity contribution in [3.63, 3.8) is 0 Å². The Hall–Kier alpha value is -2.51. The summed E-state index contributed by atoms with van der Waals surface area (Å²) in [6.45, 7) is 6.85. The van der Waals surface area contributed by atoms with Crippen molar-refractivity contribution < 1.29 is 19.0 Å². The quantitative estimate of drug-likeness (QED) is 0.603. The standard InChI is InChI=1S/C20H23ClN2O4S/c1-4-25-16-11-13(12-17(26-5-2)18(16)27-6-3)19(24)23-20(28)22-15-10-8-7-9-14(15)21/h7-12H,4-6H2,1-3H3,(H2,22,23,24,28). The molecule has 1 amide bonds. The third kappa shape index (κ3) is 5.74. The van der Waals surface area contributed by atoms with Gasteiger partial charge in [-0.05, 0) is 57.3 Å². The second-order valence-corrected chi connectivity index (χ2v) is 6.30. The van der Waals surface area contributed by atoms with Gasteiger partial charge in [-0.3, -0.25) is 10.1 Å². The number of para-hydroxylation sites is 1. The van der Waals surface area contributed by atoms with Gasteiger partial charge in [0.25, 0.3) is 5.91 Å². The van der Waals surface area contributed by atoms with Crippen LogP contribution in [0.4, 0.5) is 5.69 Å². The molecule has 0 spiro atoms. The Labute approximate surface area is 175 Å². The van der Waals surface area contributed by atoms with Gasteiger partial charge in [0, 0.05) is 5.56 Å². The van der Waals surface area contributed by atoms with Gasteiger partial charge in [0.2, 0.25) is 5.75 Å². The van der Waals surface area contributed by atoms with E-state index in [1.54, 1.807) is 30.3 Å². The van der Waals surface area contributed by atoms with Crippen LogP contribution in [0, 0.1) is 0 Å². The average molecular weight is 423 g/mol. The van der Waals surface area contributed by atoms with Crippen LogP contribution in [-0.2, 0) is 0 Å². The van der Waals surface area contributed by atoms with Gasteiger partial charge in [0.05, 0.1) is 30.5 Å². The summed E-state index contributed by atoms with van der Waals surface area (Å²) in [6, 6.07) is 10.3. The summed E-state index contributed by atoms with van der Waals surface area (Å²) >= 11 is 11.3. The molecule has 0 aliphatic rings. The minimum Gasteiger partial charge on any atom is -0.490 e. The largest absolute Gasteiger partial charge is 0.490 e. The van der Waals surface area contributed by atoms with Gasteiger partial charge in [-0.2, -0.15) is 0 Å². The lowest BCUT2D eigenvalue weighted by atomic mass is 10.1. The lowest BCUT2D eigenvalue weighted by molar-refractivity contribution is 0.0976. The zero-order valence-electron chi connectivity index (χ0n) is 16.0. The number of hydrogen-bond donors (Lipinski definition) is 2. The van der Waals surface area contributed by atoms with Crippen LogP contribution in [0.15, 0.2) is 36.4 Å². The first kappa shape index (κ1) is 21.8. The molecule has 2 rings (SSSR count). The molecular weight excluding hydrogens is 400 g/mol. The Morgan fingerprint density at radius 2 is 1.57 bits per heavy atom. The number of anilines is 1. The maximum atomic E-state index is 12.7. The molecule has 0 unspecified atom stereocenters. The van der Waals surface area contributed by atoms with E-state index in [2.05, 4.69) is 10.6 Å². The van der Waals surface area contributed by atoms with Crippen LogP contribution in [-0.4, -0.2) is 30.8 Å². The van der Waals surface area contributed by atoms with Gasteiger partial charge in [0.1, 0.15) is 0 Å². The molecule has 28 heavy (non-hydrogen) atoms. The second kappa shape index (κ2) is 10.7. The molecule has 0 aromatic heterocycles. The minimum absolute atomic E-state index is 0.128. The van der Waals surface area contributed by atoms with E-state index >= 15 is 0 Å². The highest BCUT2D eigenvalue weighted by Gasteiger charge is 2.19. The van der Waals surface area contributed by atoms with Gasteiger partial charge >= 0.3 is 0 Å². The molecule has 2 aromatic rings. The number of halogens is 1. The van der Waals surface area contributed by atoms with Crippen molar-refractivity contribution in [3.05, 3.63) is 47.0 Å². The first-order chi connectivity index (χ1) is 13.5. The van der Waals surface area contributed by atoms with Crippen LogP contribution < -0.4 is 24.8 Å². The second-order valence-electron chi connectivity index (χ2n) is 5.49. The highest BCUT2D eigenvalue weighted by atomic mass is 35.5. The zero-order chi connectivity index (χ0) is 20.5. The Morgan fingerprint density at radius 1 is 1.00 bits per heavy atom. The lowest BCUT2D eigenvalue weighted by Crippen LogP contribution is -2.34. The van der Waals surface area contributed by atoms with E-state index in [9.17, 15) is 4.79 Å². The summed E-state index contributed by atoms with van der Waals surface area (Å²) in [6.07, 6.45) is 0. The van der Waals surface area contributed by atoms with E-state index in [1.807, 2.05) is 26.8 Å². The smallest absolute Gasteiger partial charge is 0.257 e. The Bertz CT molecular complexity index is 818. The first-order valence-electron chi connectivity index (χ1n) is 8.93. The fourth-order valence-corrected chi connectivity index (χ4v) is 2.80. The van der Waals surface area contributed by atoms with Crippen LogP contribution in [0.1, 0.15) is 31.1 Å². The molecule has 0 fully saturated rings. The van der Waals surface area contributed by atoms with Crippen molar-refractivity contribution in [1.82, 2.24) is 5.32 Å². The summed E-state index contributed by atoms with van der Waals surface area (Å²) in [5.41, 5.74) is 0.935. The van der Waals surface area contributed by atoms with E-state index in [1.165, 1.54) is 0 Å². The van der Waals surface area contributed by atoms with E-state index in [-0.39, 0.29) is 5.11 Å². The van der Waals surface area contributed by atoms with E-state index < -0.39 is 5.91 Å². The average Bonchev–Trinajstić information content (AvgIpc) is 2.66. The van der Waals surface area contributed by atoms with Crippen molar-refractivity contribution in [2.24, 2.45) is 0 Å². The Kier molecular flexibility index (Phi) is 8.35. The maximum absolute atomic E-state index is 12.7. The molecule has 150 valence electrons. The highest BCUT2D eigenvalue weighted by molar-refractivity contribution is 7.80. The maximum Gasteiger partial charge on any atom is 0.257 e. The van der Waals surface area contributed by atoms with Gasteiger partial charge in [-0.25, -0.2) is 0 Å². The summed E-state index contributed by atoms with van der Waals surface area (Å²) < 4.78 is 16.9. The van der Waals surface area contributed by atoms with Crippen molar-refractivity contribution in [1.29, 1.82) is 0 Å².